The molecule has 0 aliphatic carbocycles. The van der Waals surface area contributed by atoms with E-state index in [2.05, 4.69) is 21.3 Å². The van der Waals surface area contributed by atoms with Gasteiger partial charge in [-0.05, 0) is 55.5 Å². The van der Waals surface area contributed by atoms with E-state index < -0.39 is 15.9 Å². The molecule has 1 amide bonds. The Hall–Kier alpha value is -3.61. The lowest BCUT2D eigenvalue weighted by Crippen LogP contribution is -2.19. The lowest BCUT2D eigenvalue weighted by molar-refractivity contribution is 0.0955. The number of amides is 1. The molecule has 0 spiro atoms. The van der Waals surface area contributed by atoms with Gasteiger partial charge in [0.1, 0.15) is 11.8 Å². The van der Waals surface area contributed by atoms with Gasteiger partial charge in [-0.25, -0.2) is 13.8 Å². The summed E-state index contributed by atoms with van der Waals surface area (Å²) < 4.78 is 29.4. The van der Waals surface area contributed by atoms with Crippen LogP contribution in [0.15, 0.2) is 64.6 Å². The van der Waals surface area contributed by atoms with Crippen molar-refractivity contribution in [3.05, 3.63) is 82.1 Å². The zero-order valence-corrected chi connectivity index (χ0v) is 18.2. The minimum absolute atomic E-state index is 0.0726. The number of rotatable bonds is 6. The Labute approximate surface area is 184 Å². The van der Waals surface area contributed by atoms with Crippen molar-refractivity contribution in [2.45, 2.75) is 11.8 Å². The number of benzene rings is 2. The van der Waals surface area contributed by atoms with Gasteiger partial charge in [0.15, 0.2) is 0 Å². The summed E-state index contributed by atoms with van der Waals surface area (Å²) in [4.78, 5) is 12.3. The first kappa shape index (κ1) is 22.1. The highest BCUT2D eigenvalue weighted by atomic mass is 35.5. The number of hydrogen-bond donors (Lipinski definition) is 2. The second-order valence-electron chi connectivity index (χ2n) is 6.58. The summed E-state index contributed by atoms with van der Waals surface area (Å²) in [6.07, 6.45) is 1.43. The number of aromatic nitrogens is 1. The SMILES string of the molecule is Cc1c(/C=N\NC(=O)c2cccc(S(=O)(=O)Nc3ccc(Cl)cc3)c2)cc(C#N)n1C. The molecule has 2 aromatic carbocycles. The molecule has 10 heteroatoms. The van der Waals surface area contributed by atoms with Gasteiger partial charge in [0.25, 0.3) is 15.9 Å². The van der Waals surface area contributed by atoms with Crippen LogP contribution >= 0.6 is 11.6 Å². The lowest BCUT2D eigenvalue weighted by Gasteiger charge is -2.09. The fourth-order valence-corrected chi connectivity index (χ4v) is 3.95. The molecule has 0 bridgehead atoms. The fraction of sp³-hybridized carbons (Fsp3) is 0.0952. The molecular formula is C21H18ClN5O3S. The van der Waals surface area contributed by atoms with Crippen LogP contribution in [0, 0.1) is 18.3 Å². The highest BCUT2D eigenvalue weighted by Gasteiger charge is 2.16. The summed E-state index contributed by atoms with van der Waals surface area (Å²) in [5.41, 5.74) is 4.80. The molecule has 8 nitrogen and oxygen atoms in total. The van der Waals surface area contributed by atoms with Crippen molar-refractivity contribution in [1.82, 2.24) is 9.99 Å². The summed E-state index contributed by atoms with van der Waals surface area (Å²) in [5.74, 6) is -0.575. The summed E-state index contributed by atoms with van der Waals surface area (Å²) in [7, 11) is -2.14. The minimum Gasteiger partial charge on any atom is -0.339 e. The highest BCUT2D eigenvalue weighted by molar-refractivity contribution is 7.92. The van der Waals surface area contributed by atoms with Crippen LogP contribution in [0.5, 0.6) is 0 Å². The van der Waals surface area contributed by atoms with Crippen LogP contribution in [0.25, 0.3) is 0 Å². The third kappa shape index (κ3) is 5.12. The molecular weight excluding hydrogens is 438 g/mol. The normalized spacial score (nSPS) is 11.3. The Kier molecular flexibility index (Phi) is 6.44. The maximum atomic E-state index is 12.6. The van der Waals surface area contributed by atoms with Gasteiger partial charge in [0, 0.05) is 34.6 Å². The number of carbonyl (C=O) groups excluding carboxylic acids is 1. The Morgan fingerprint density at radius 2 is 1.90 bits per heavy atom. The van der Waals surface area contributed by atoms with E-state index in [1.807, 2.05) is 6.92 Å². The Morgan fingerprint density at radius 1 is 1.19 bits per heavy atom. The first-order valence-electron chi connectivity index (χ1n) is 8.99. The molecule has 0 radical (unpaired) electrons. The molecule has 0 aliphatic heterocycles. The fourth-order valence-electron chi connectivity index (χ4n) is 2.72. The van der Waals surface area contributed by atoms with Gasteiger partial charge in [-0.15, -0.1) is 0 Å². The predicted octanol–water partition coefficient (Wildman–Crippen LogP) is 3.42. The summed E-state index contributed by atoms with van der Waals surface area (Å²) in [6.45, 7) is 1.83. The van der Waals surface area contributed by atoms with E-state index in [9.17, 15) is 13.2 Å². The van der Waals surface area contributed by atoms with Crippen molar-refractivity contribution in [1.29, 1.82) is 5.26 Å². The topological polar surface area (TPSA) is 116 Å². The van der Waals surface area contributed by atoms with Gasteiger partial charge in [0.05, 0.1) is 11.1 Å². The van der Waals surface area contributed by atoms with Crippen molar-refractivity contribution < 1.29 is 13.2 Å². The molecule has 3 rings (SSSR count). The molecule has 0 saturated heterocycles. The number of carbonyl (C=O) groups is 1. The van der Waals surface area contributed by atoms with Crippen molar-refractivity contribution in [3.63, 3.8) is 0 Å². The number of halogens is 1. The molecule has 31 heavy (non-hydrogen) atoms. The van der Waals surface area contributed by atoms with Crippen molar-refractivity contribution in [3.8, 4) is 6.07 Å². The second kappa shape index (κ2) is 9.04. The maximum Gasteiger partial charge on any atom is 0.271 e. The number of nitrogens with one attached hydrogen (secondary N) is 2. The molecule has 158 valence electrons. The predicted molar refractivity (Wildman–Crippen MR) is 119 cm³/mol. The average Bonchev–Trinajstić information content (AvgIpc) is 3.03. The number of hydrogen-bond acceptors (Lipinski definition) is 5. The molecule has 2 N–H and O–H groups in total. The molecule has 0 saturated carbocycles. The van der Waals surface area contributed by atoms with Crippen LogP contribution in [-0.4, -0.2) is 25.1 Å². The number of sulfonamides is 1. The highest BCUT2D eigenvalue weighted by Crippen LogP contribution is 2.19. The number of hydrazone groups is 1. The summed E-state index contributed by atoms with van der Waals surface area (Å²) in [6, 6.07) is 15.5. The smallest absolute Gasteiger partial charge is 0.271 e. The Balaban J connectivity index is 1.74. The van der Waals surface area contributed by atoms with Crippen LogP contribution < -0.4 is 10.1 Å². The molecule has 0 atom stereocenters. The van der Waals surface area contributed by atoms with E-state index in [1.165, 1.54) is 42.6 Å². The first-order valence-corrected chi connectivity index (χ1v) is 10.9. The van der Waals surface area contributed by atoms with Crippen LogP contribution in [0.4, 0.5) is 5.69 Å². The zero-order chi connectivity index (χ0) is 22.6. The number of anilines is 1. The van der Waals surface area contributed by atoms with Gasteiger partial charge in [-0.3, -0.25) is 9.52 Å². The molecule has 3 aromatic rings. The van der Waals surface area contributed by atoms with Crippen LogP contribution in [0.1, 0.15) is 27.3 Å². The largest absolute Gasteiger partial charge is 0.339 e. The van der Waals surface area contributed by atoms with Gasteiger partial charge < -0.3 is 4.57 Å². The number of nitrogens with zero attached hydrogens (tertiary/aromatic N) is 3. The van der Waals surface area contributed by atoms with E-state index >= 15 is 0 Å². The van der Waals surface area contributed by atoms with E-state index in [1.54, 1.807) is 29.8 Å². The van der Waals surface area contributed by atoms with Gasteiger partial charge >= 0.3 is 0 Å². The van der Waals surface area contributed by atoms with Crippen molar-refractivity contribution in [2.24, 2.45) is 12.1 Å². The second-order valence-corrected chi connectivity index (χ2v) is 8.70. The van der Waals surface area contributed by atoms with E-state index in [-0.39, 0.29) is 10.5 Å². The standard InChI is InChI=1S/C21H18ClN5O3S/c1-14-16(10-19(12-23)27(14)2)13-24-25-21(28)15-4-3-5-20(11-15)31(29,30)26-18-8-6-17(22)7-9-18/h3-11,13,26H,1-2H3,(H,25,28)/b24-13-. The third-order valence-electron chi connectivity index (χ3n) is 4.56. The van der Waals surface area contributed by atoms with Gasteiger partial charge in [0.2, 0.25) is 0 Å². The molecule has 0 fully saturated rings. The first-order chi connectivity index (χ1) is 14.7. The average molecular weight is 456 g/mol. The van der Waals surface area contributed by atoms with Gasteiger partial charge in [-0.1, -0.05) is 17.7 Å². The monoisotopic (exact) mass is 455 g/mol. The third-order valence-corrected chi connectivity index (χ3v) is 6.19. The quantitative estimate of drug-likeness (QED) is 0.437. The van der Waals surface area contributed by atoms with Crippen LogP contribution in [0.2, 0.25) is 5.02 Å². The zero-order valence-electron chi connectivity index (χ0n) is 16.6. The summed E-state index contributed by atoms with van der Waals surface area (Å²) in [5, 5.41) is 13.5. The minimum atomic E-state index is -3.90. The maximum absolute atomic E-state index is 12.6. The van der Waals surface area contributed by atoms with E-state index in [0.29, 0.717) is 22.0 Å². The lowest BCUT2D eigenvalue weighted by atomic mass is 10.2. The van der Waals surface area contributed by atoms with Crippen LogP contribution in [0.3, 0.4) is 0 Å². The molecule has 0 aliphatic rings. The molecule has 1 heterocycles. The van der Waals surface area contributed by atoms with Crippen molar-refractivity contribution in [2.75, 3.05) is 4.72 Å². The molecule has 1 aromatic heterocycles. The Bertz CT molecular complexity index is 1310. The Morgan fingerprint density at radius 3 is 2.55 bits per heavy atom. The van der Waals surface area contributed by atoms with Crippen LogP contribution in [-0.2, 0) is 17.1 Å². The van der Waals surface area contributed by atoms with E-state index in [4.69, 9.17) is 16.9 Å². The molecule has 0 unspecified atom stereocenters. The summed E-state index contributed by atoms with van der Waals surface area (Å²) >= 11 is 5.81. The van der Waals surface area contributed by atoms with Crippen molar-refractivity contribution >= 4 is 39.4 Å². The number of nitriles is 1. The van der Waals surface area contributed by atoms with E-state index in [0.717, 1.165) is 5.69 Å². The van der Waals surface area contributed by atoms with Gasteiger partial charge in [-0.2, -0.15) is 10.4 Å².